The van der Waals surface area contributed by atoms with Crippen LogP contribution in [0.25, 0.3) is 10.9 Å². The molecule has 0 spiro atoms. The predicted octanol–water partition coefficient (Wildman–Crippen LogP) is 5.06. The van der Waals surface area contributed by atoms with E-state index in [0.717, 1.165) is 25.8 Å². The van der Waals surface area contributed by atoms with E-state index in [1.54, 1.807) is 6.92 Å². The maximum absolute atomic E-state index is 12.9. The highest BCUT2D eigenvalue weighted by Crippen LogP contribution is 2.46. The molecule has 1 fully saturated rings. The highest BCUT2D eigenvalue weighted by atomic mass is 79.9. The van der Waals surface area contributed by atoms with Crippen LogP contribution in [0.2, 0.25) is 0 Å². The van der Waals surface area contributed by atoms with Gasteiger partial charge in [-0.1, -0.05) is 19.1 Å². The van der Waals surface area contributed by atoms with Gasteiger partial charge < -0.3 is 9.30 Å². The Balaban J connectivity index is 0.00000272. The van der Waals surface area contributed by atoms with Gasteiger partial charge >= 0.3 is 5.97 Å². The van der Waals surface area contributed by atoms with Crippen molar-refractivity contribution in [1.29, 1.82) is 0 Å². The second-order valence-electron chi connectivity index (χ2n) is 9.39. The molecule has 2 aromatic rings. The largest absolute Gasteiger partial charge is 0.454 e. The standard InChI is InChI=1S/C25H34N2O3.BrH/c1-6-10-26-13-19(25(29)30-17(5)16(4)28)11-21-20-8-7-9-22-24(20)18(12-23(21)26)14-27(22)15(2)3;/h7-9,14-15,17,19,21,23H,6,10-13H2,1-5H3;1H/t17?,19-,21?,23-;/m1./s1. The topological polar surface area (TPSA) is 51.5 Å². The summed E-state index contributed by atoms with van der Waals surface area (Å²) < 4.78 is 7.90. The van der Waals surface area contributed by atoms with Crippen LogP contribution in [0.1, 0.15) is 70.5 Å². The van der Waals surface area contributed by atoms with Crippen molar-refractivity contribution in [2.75, 3.05) is 13.1 Å². The Kier molecular flexibility index (Phi) is 7.32. The van der Waals surface area contributed by atoms with Gasteiger partial charge in [-0.3, -0.25) is 14.5 Å². The number of Topliss-reactive ketones (excluding diaryl/α,β-unsaturated/α-hetero) is 1. The number of carbonyl (C=O) groups is 2. The molecule has 0 bridgehead atoms. The molecule has 2 heterocycles. The number of ketones is 1. The van der Waals surface area contributed by atoms with Crippen LogP contribution >= 0.6 is 17.0 Å². The predicted molar refractivity (Wildman–Crippen MR) is 129 cm³/mol. The molecule has 4 rings (SSSR count). The van der Waals surface area contributed by atoms with E-state index in [1.165, 1.54) is 29.0 Å². The molecule has 5 nitrogen and oxygen atoms in total. The normalized spacial score (nSPS) is 23.9. The minimum atomic E-state index is -0.670. The van der Waals surface area contributed by atoms with Crippen molar-refractivity contribution in [2.45, 2.75) is 78.0 Å². The van der Waals surface area contributed by atoms with E-state index in [0.29, 0.717) is 24.5 Å². The van der Waals surface area contributed by atoms with E-state index in [2.05, 4.69) is 54.6 Å². The molecule has 2 unspecified atom stereocenters. The van der Waals surface area contributed by atoms with Crippen molar-refractivity contribution in [1.82, 2.24) is 9.47 Å². The van der Waals surface area contributed by atoms with E-state index in [4.69, 9.17) is 4.74 Å². The molecule has 1 aromatic carbocycles. The van der Waals surface area contributed by atoms with Crippen molar-refractivity contribution < 1.29 is 14.3 Å². The third-order valence-corrected chi connectivity index (χ3v) is 6.99. The van der Waals surface area contributed by atoms with Crippen molar-refractivity contribution in [2.24, 2.45) is 5.92 Å². The number of fused-ring (bicyclic) bond motifs is 2. The molecule has 0 saturated carbocycles. The molecule has 31 heavy (non-hydrogen) atoms. The lowest BCUT2D eigenvalue weighted by molar-refractivity contribution is -0.160. The van der Waals surface area contributed by atoms with Crippen LogP contribution < -0.4 is 0 Å². The van der Waals surface area contributed by atoms with Crippen molar-refractivity contribution in [3.8, 4) is 0 Å². The monoisotopic (exact) mass is 490 g/mol. The summed E-state index contributed by atoms with van der Waals surface area (Å²) in [6, 6.07) is 7.46. The number of esters is 1. The molecule has 1 saturated heterocycles. The molecule has 2 aliphatic rings. The smallest absolute Gasteiger partial charge is 0.310 e. The van der Waals surface area contributed by atoms with E-state index in [9.17, 15) is 9.59 Å². The molecule has 1 aliphatic heterocycles. The lowest BCUT2D eigenvalue weighted by atomic mass is 9.72. The number of ether oxygens (including phenoxy) is 1. The first-order chi connectivity index (χ1) is 14.3. The molecule has 0 N–H and O–H groups in total. The van der Waals surface area contributed by atoms with Crippen LogP contribution in [0.15, 0.2) is 24.4 Å². The summed E-state index contributed by atoms with van der Waals surface area (Å²) in [6.45, 7) is 11.5. The Morgan fingerprint density at radius 1 is 1.23 bits per heavy atom. The SMILES string of the molecule is Br.CCCN1C[C@H](C(=O)OC(C)C(C)=O)CC2c3cccc4c3c(cn4C(C)C)C[C@H]21. The van der Waals surface area contributed by atoms with Crippen LogP contribution in [0, 0.1) is 5.92 Å². The van der Waals surface area contributed by atoms with E-state index >= 15 is 0 Å². The molecular formula is C25H35BrN2O3. The van der Waals surface area contributed by atoms with Gasteiger partial charge in [-0.25, -0.2) is 0 Å². The van der Waals surface area contributed by atoms with Gasteiger partial charge in [0.2, 0.25) is 0 Å². The second kappa shape index (κ2) is 9.45. The molecule has 1 aliphatic carbocycles. The van der Waals surface area contributed by atoms with E-state index < -0.39 is 6.10 Å². The number of carbonyl (C=O) groups excluding carboxylic acids is 2. The third-order valence-electron chi connectivity index (χ3n) is 6.99. The number of halogens is 1. The number of hydrogen-bond acceptors (Lipinski definition) is 4. The Morgan fingerprint density at radius 3 is 2.61 bits per heavy atom. The second-order valence-corrected chi connectivity index (χ2v) is 9.39. The number of hydrogen-bond donors (Lipinski definition) is 0. The van der Waals surface area contributed by atoms with Crippen molar-refractivity contribution >= 4 is 39.6 Å². The summed E-state index contributed by atoms with van der Waals surface area (Å²) in [6.07, 6.45) is 4.55. The maximum Gasteiger partial charge on any atom is 0.310 e. The minimum absolute atomic E-state index is 0. The highest BCUT2D eigenvalue weighted by Gasteiger charge is 2.43. The van der Waals surface area contributed by atoms with Gasteiger partial charge in [0.1, 0.15) is 0 Å². The Labute approximate surface area is 195 Å². The first-order valence-electron chi connectivity index (χ1n) is 11.4. The fourth-order valence-electron chi connectivity index (χ4n) is 5.43. The van der Waals surface area contributed by atoms with Crippen molar-refractivity contribution in [3.05, 3.63) is 35.5 Å². The first kappa shape index (κ1) is 24.0. The van der Waals surface area contributed by atoms with Gasteiger partial charge in [-0.2, -0.15) is 0 Å². The summed E-state index contributed by atoms with van der Waals surface area (Å²) in [4.78, 5) is 27.0. The van der Waals surface area contributed by atoms with Crippen LogP contribution in [0.3, 0.4) is 0 Å². The van der Waals surface area contributed by atoms with Gasteiger partial charge in [0.25, 0.3) is 0 Å². The number of aromatic nitrogens is 1. The molecule has 4 atom stereocenters. The van der Waals surface area contributed by atoms with E-state index in [-0.39, 0.29) is 34.7 Å². The number of benzene rings is 1. The zero-order chi connectivity index (χ0) is 21.6. The summed E-state index contributed by atoms with van der Waals surface area (Å²) in [5.74, 6) is -0.210. The fourth-order valence-corrected chi connectivity index (χ4v) is 5.43. The summed E-state index contributed by atoms with van der Waals surface area (Å²) >= 11 is 0. The zero-order valence-corrected chi connectivity index (χ0v) is 21.0. The maximum atomic E-state index is 12.9. The fraction of sp³-hybridized carbons (Fsp3) is 0.600. The van der Waals surface area contributed by atoms with Crippen LogP contribution in [-0.2, 0) is 20.7 Å². The molecule has 0 amide bonds. The van der Waals surface area contributed by atoms with Gasteiger partial charge in [0.05, 0.1) is 5.92 Å². The molecular weight excluding hydrogens is 456 g/mol. The minimum Gasteiger partial charge on any atom is -0.454 e. The lowest BCUT2D eigenvalue weighted by Gasteiger charge is -2.46. The molecule has 6 heteroatoms. The number of nitrogens with zero attached hydrogens (tertiary/aromatic N) is 2. The third kappa shape index (κ3) is 4.34. The summed E-state index contributed by atoms with van der Waals surface area (Å²) in [5.41, 5.74) is 4.10. The van der Waals surface area contributed by atoms with Crippen molar-refractivity contribution in [3.63, 3.8) is 0 Å². The first-order valence-corrected chi connectivity index (χ1v) is 11.4. The summed E-state index contributed by atoms with van der Waals surface area (Å²) in [7, 11) is 0. The molecule has 1 aromatic heterocycles. The number of rotatable bonds is 6. The Hall–Kier alpha value is -1.66. The Bertz CT molecular complexity index is 967. The van der Waals surface area contributed by atoms with Gasteiger partial charge in [-0.05, 0) is 70.7 Å². The van der Waals surface area contributed by atoms with Crippen LogP contribution in [0.4, 0.5) is 0 Å². The van der Waals surface area contributed by atoms with Crippen LogP contribution in [0.5, 0.6) is 0 Å². The van der Waals surface area contributed by atoms with Gasteiger partial charge in [-0.15, -0.1) is 17.0 Å². The average molecular weight is 491 g/mol. The van der Waals surface area contributed by atoms with Crippen LogP contribution in [-0.4, -0.2) is 46.5 Å². The number of piperidine rings is 1. The molecule has 0 radical (unpaired) electrons. The molecule has 170 valence electrons. The average Bonchev–Trinajstić information content (AvgIpc) is 3.08. The quantitative estimate of drug-likeness (QED) is 0.530. The highest BCUT2D eigenvalue weighted by molar-refractivity contribution is 8.93. The lowest BCUT2D eigenvalue weighted by Crippen LogP contribution is -2.52. The zero-order valence-electron chi connectivity index (χ0n) is 19.3. The van der Waals surface area contributed by atoms with E-state index in [1.807, 2.05) is 0 Å². The van der Waals surface area contributed by atoms with Gasteiger partial charge in [0.15, 0.2) is 11.9 Å². The Morgan fingerprint density at radius 2 is 1.97 bits per heavy atom. The number of likely N-dealkylation sites (tertiary alicyclic amines) is 1. The van der Waals surface area contributed by atoms with Gasteiger partial charge in [0, 0.05) is 41.6 Å². The summed E-state index contributed by atoms with van der Waals surface area (Å²) in [5, 5.41) is 1.38.